The number of thioether (sulfide) groups is 1. The fourth-order valence-electron chi connectivity index (χ4n) is 1.87. The van der Waals surface area contributed by atoms with Gasteiger partial charge in [-0.2, -0.15) is 0 Å². The summed E-state index contributed by atoms with van der Waals surface area (Å²) in [7, 11) is 0. The van der Waals surface area contributed by atoms with Gasteiger partial charge in [0.05, 0.1) is 0 Å². The molecule has 1 heterocycles. The van der Waals surface area contributed by atoms with Crippen LogP contribution in [0.15, 0.2) is 33.7 Å². The Hall–Kier alpha value is -1.34. The summed E-state index contributed by atoms with van der Waals surface area (Å²) in [5.74, 6) is -0.323. The zero-order valence-electron chi connectivity index (χ0n) is 12.3. The summed E-state index contributed by atoms with van der Waals surface area (Å²) in [6.07, 6.45) is 2.20. The molecule has 7 heteroatoms. The van der Waals surface area contributed by atoms with Crippen molar-refractivity contribution in [2.45, 2.75) is 31.4 Å². The van der Waals surface area contributed by atoms with Crippen LogP contribution in [0.4, 0.5) is 5.69 Å². The number of rotatable bonds is 6. The minimum Gasteiger partial charge on any atom is -0.326 e. The molecule has 1 saturated heterocycles. The lowest BCUT2D eigenvalue weighted by Gasteiger charge is -2.07. The largest absolute Gasteiger partial charge is 0.326 e. The number of carbonyl (C=O) groups is 2. The van der Waals surface area contributed by atoms with E-state index in [1.54, 1.807) is 0 Å². The number of hydrogen-bond acceptors (Lipinski definition) is 4. The zero-order chi connectivity index (χ0) is 15.9. The van der Waals surface area contributed by atoms with E-state index in [4.69, 9.17) is 0 Å². The van der Waals surface area contributed by atoms with Gasteiger partial charge in [-0.1, -0.05) is 41.0 Å². The minimum atomic E-state index is -0.407. The molecule has 1 unspecified atom stereocenters. The van der Waals surface area contributed by atoms with E-state index in [0.29, 0.717) is 17.4 Å². The Bertz CT molecular complexity index is 575. The fourth-order valence-corrected chi connectivity index (χ4v) is 3.13. The number of nitrogens with zero attached hydrogens (tertiary/aromatic N) is 1. The van der Waals surface area contributed by atoms with Crippen molar-refractivity contribution in [1.29, 1.82) is 0 Å². The molecule has 1 atom stereocenters. The van der Waals surface area contributed by atoms with Gasteiger partial charge in [-0.05, 0) is 30.7 Å². The molecule has 1 aliphatic rings. The quantitative estimate of drug-likeness (QED) is 0.741. The van der Waals surface area contributed by atoms with Crippen molar-refractivity contribution in [2.75, 3.05) is 11.9 Å². The number of nitrogens with one attached hydrogen (secondary N) is 2. The lowest BCUT2D eigenvalue weighted by molar-refractivity contribution is -0.122. The van der Waals surface area contributed by atoms with E-state index >= 15 is 0 Å². The van der Waals surface area contributed by atoms with Crippen LogP contribution in [0.1, 0.15) is 26.2 Å². The lowest BCUT2D eigenvalue weighted by Crippen LogP contribution is -2.28. The van der Waals surface area contributed by atoms with Crippen LogP contribution >= 0.6 is 27.7 Å². The number of halogens is 1. The summed E-state index contributed by atoms with van der Waals surface area (Å²) in [6.45, 7) is 2.80. The van der Waals surface area contributed by atoms with Crippen LogP contribution in [0.2, 0.25) is 0 Å². The number of hydrogen-bond donors (Lipinski definition) is 2. The summed E-state index contributed by atoms with van der Waals surface area (Å²) in [4.78, 5) is 28.2. The highest BCUT2D eigenvalue weighted by atomic mass is 79.9. The second-order valence-corrected chi connectivity index (χ2v) is 7.00. The van der Waals surface area contributed by atoms with Gasteiger partial charge in [0.15, 0.2) is 5.17 Å². The SMILES string of the molecule is CCCCN=C1NC(=O)C(CC(=O)Nc2ccc(Br)cc2)S1. The van der Waals surface area contributed by atoms with Crippen LogP contribution in [-0.4, -0.2) is 28.8 Å². The summed E-state index contributed by atoms with van der Waals surface area (Å²) in [6, 6.07) is 7.32. The Morgan fingerprint density at radius 2 is 2.14 bits per heavy atom. The van der Waals surface area contributed by atoms with E-state index in [9.17, 15) is 9.59 Å². The molecule has 1 aromatic carbocycles. The van der Waals surface area contributed by atoms with Gasteiger partial charge in [0.1, 0.15) is 5.25 Å². The van der Waals surface area contributed by atoms with E-state index in [1.807, 2.05) is 24.3 Å². The van der Waals surface area contributed by atoms with E-state index in [1.165, 1.54) is 11.8 Å². The molecule has 0 aromatic heterocycles. The van der Waals surface area contributed by atoms with Gasteiger partial charge < -0.3 is 10.6 Å². The van der Waals surface area contributed by atoms with Crippen LogP contribution in [0.25, 0.3) is 0 Å². The number of carbonyl (C=O) groups excluding carboxylic acids is 2. The first-order valence-electron chi connectivity index (χ1n) is 7.16. The molecule has 2 rings (SSSR count). The molecule has 0 radical (unpaired) electrons. The maximum Gasteiger partial charge on any atom is 0.240 e. The van der Waals surface area contributed by atoms with Crippen molar-refractivity contribution in [2.24, 2.45) is 4.99 Å². The van der Waals surface area contributed by atoms with Gasteiger partial charge in [-0.3, -0.25) is 14.6 Å². The van der Waals surface area contributed by atoms with E-state index in [-0.39, 0.29) is 18.2 Å². The van der Waals surface area contributed by atoms with Gasteiger partial charge in [0.2, 0.25) is 11.8 Å². The number of aliphatic imine (C=N–C) groups is 1. The normalized spacial score (nSPS) is 19.3. The predicted octanol–water partition coefficient (Wildman–Crippen LogP) is 3.17. The second kappa shape index (κ2) is 8.33. The number of amides is 2. The molecular weight excluding hydrogens is 366 g/mol. The average Bonchev–Trinajstić information content (AvgIpc) is 2.82. The first-order valence-corrected chi connectivity index (χ1v) is 8.83. The molecule has 0 bridgehead atoms. The standard InChI is InChI=1S/C15H18BrN3O2S/c1-2-3-8-17-15-19-14(21)12(22-15)9-13(20)18-11-6-4-10(16)5-7-11/h4-7,12H,2-3,8-9H2,1H3,(H,18,20)(H,17,19,21). The van der Waals surface area contributed by atoms with Gasteiger partial charge >= 0.3 is 0 Å². The zero-order valence-corrected chi connectivity index (χ0v) is 14.7. The van der Waals surface area contributed by atoms with Gasteiger partial charge in [-0.15, -0.1) is 0 Å². The molecular formula is C15H18BrN3O2S. The fraction of sp³-hybridized carbons (Fsp3) is 0.400. The first kappa shape index (κ1) is 17.0. The second-order valence-electron chi connectivity index (χ2n) is 4.90. The Labute approximate surface area is 142 Å². The number of amidine groups is 1. The molecule has 0 spiro atoms. The monoisotopic (exact) mass is 383 g/mol. The van der Waals surface area contributed by atoms with Gasteiger partial charge in [-0.25, -0.2) is 0 Å². The third-order valence-corrected chi connectivity index (χ3v) is 4.69. The van der Waals surface area contributed by atoms with E-state index in [0.717, 1.165) is 17.3 Å². The van der Waals surface area contributed by atoms with Crippen molar-refractivity contribution in [1.82, 2.24) is 5.32 Å². The molecule has 0 saturated carbocycles. The van der Waals surface area contributed by atoms with Crippen LogP contribution < -0.4 is 10.6 Å². The molecule has 2 amide bonds. The predicted molar refractivity (Wildman–Crippen MR) is 94.1 cm³/mol. The smallest absolute Gasteiger partial charge is 0.240 e. The summed E-state index contributed by atoms with van der Waals surface area (Å²) in [5.41, 5.74) is 0.716. The third-order valence-electron chi connectivity index (χ3n) is 3.04. The summed E-state index contributed by atoms with van der Waals surface area (Å²) in [5, 5.41) is 5.74. The molecule has 1 aliphatic heterocycles. The molecule has 2 N–H and O–H groups in total. The van der Waals surface area contributed by atoms with Crippen molar-refractivity contribution in [3.63, 3.8) is 0 Å². The molecule has 1 fully saturated rings. The molecule has 1 aromatic rings. The number of anilines is 1. The number of unbranched alkanes of at least 4 members (excludes halogenated alkanes) is 1. The highest BCUT2D eigenvalue weighted by Gasteiger charge is 2.31. The minimum absolute atomic E-state index is 0.138. The van der Waals surface area contributed by atoms with Crippen LogP contribution in [0.3, 0.4) is 0 Å². The molecule has 5 nitrogen and oxygen atoms in total. The van der Waals surface area contributed by atoms with Crippen LogP contribution in [-0.2, 0) is 9.59 Å². The van der Waals surface area contributed by atoms with Crippen LogP contribution in [0.5, 0.6) is 0 Å². The van der Waals surface area contributed by atoms with Crippen molar-refractivity contribution in [3.8, 4) is 0 Å². The van der Waals surface area contributed by atoms with Crippen molar-refractivity contribution < 1.29 is 9.59 Å². The highest BCUT2D eigenvalue weighted by Crippen LogP contribution is 2.23. The maximum absolute atomic E-state index is 12.0. The maximum atomic E-state index is 12.0. The van der Waals surface area contributed by atoms with Crippen molar-refractivity contribution >= 4 is 50.4 Å². The van der Waals surface area contributed by atoms with E-state index < -0.39 is 5.25 Å². The van der Waals surface area contributed by atoms with Crippen LogP contribution in [0, 0.1) is 0 Å². The third kappa shape index (κ3) is 5.14. The lowest BCUT2D eigenvalue weighted by atomic mass is 10.2. The summed E-state index contributed by atoms with van der Waals surface area (Å²) < 4.78 is 0.948. The van der Waals surface area contributed by atoms with Gasteiger partial charge in [0, 0.05) is 23.1 Å². The summed E-state index contributed by atoms with van der Waals surface area (Å²) >= 11 is 4.67. The molecule has 118 valence electrons. The Morgan fingerprint density at radius 1 is 1.41 bits per heavy atom. The van der Waals surface area contributed by atoms with E-state index in [2.05, 4.69) is 38.5 Å². The molecule has 22 heavy (non-hydrogen) atoms. The average molecular weight is 384 g/mol. The van der Waals surface area contributed by atoms with Crippen molar-refractivity contribution in [3.05, 3.63) is 28.7 Å². The first-order chi connectivity index (χ1) is 10.6. The topological polar surface area (TPSA) is 70.6 Å². The van der Waals surface area contributed by atoms with Gasteiger partial charge in [0.25, 0.3) is 0 Å². The highest BCUT2D eigenvalue weighted by molar-refractivity contribution is 9.10. The Morgan fingerprint density at radius 3 is 2.82 bits per heavy atom. The Balaban J connectivity index is 1.85. The Kier molecular flexibility index (Phi) is 6.45. The molecule has 0 aliphatic carbocycles. The number of benzene rings is 1.